The lowest BCUT2D eigenvalue weighted by molar-refractivity contribution is -0.260. The maximum atomic E-state index is 10.0. The molecule has 1 aromatic carbocycles. The Kier molecular flexibility index (Phi) is 8.79. The summed E-state index contributed by atoms with van der Waals surface area (Å²) in [4.78, 5) is 18.8. The minimum atomic E-state index is -0.103. The minimum absolute atomic E-state index is 0.0549. The van der Waals surface area contributed by atoms with Crippen LogP contribution in [0.5, 0.6) is 0 Å². The topological polar surface area (TPSA) is 95.7 Å². The molecule has 1 unspecified atom stereocenters. The van der Waals surface area contributed by atoms with Crippen LogP contribution in [0, 0.1) is 11.3 Å². The molecule has 0 spiro atoms. The summed E-state index contributed by atoms with van der Waals surface area (Å²) in [5.41, 5.74) is 0.653. The van der Waals surface area contributed by atoms with Gasteiger partial charge in [0.25, 0.3) is 0 Å². The van der Waals surface area contributed by atoms with Crippen molar-refractivity contribution in [1.82, 2.24) is 10.6 Å². The molecule has 122 valence electrons. The molecule has 0 saturated carbocycles. The van der Waals surface area contributed by atoms with E-state index >= 15 is 0 Å². The molecule has 0 amide bonds. The average Bonchev–Trinajstić information content (AvgIpc) is 2.60. The van der Waals surface area contributed by atoms with Crippen molar-refractivity contribution < 1.29 is 14.7 Å². The van der Waals surface area contributed by atoms with Gasteiger partial charge in [-0.15, -0.1) is 0 Å². The lowest BCUT2D eigenvalue weighted by Crippen LogP contribution is -2.46. The van der Waals surface area contributed by atoms with Gasteiger partial charge in [-0.25, -0.2) is 4.79 Å². The van der Waals surface area contributed by atoms with Gasteiger partial charge in [0.2, 0.25) is 5.76 Å². The van der Waals surface area contributed by atoms with Gasteiger partial charge in [0.1, 0.15) is 6.07 Å². The lowest BCUT2D eigenvalue weighted by Gasteiger charge is -2.19. The molecule has 1 heterocycles. The van der Waals surface area contributed by atoms with Crippen LogP contribution in [0.25, 0.3) is 0 Å². The number of nitrogens with one attached hydrogen (secondary N) is 2. The zero-order chi connectivity index (χ0) is 16.9. The van der Waals surface area contributed by atoms with E-state index in [0.717, 1.165) is 19.6 Å². The highest BCUT2D eigenvalue weighted by Gasteiger charge is 2.03. The molecule has 2 rings (SSSR count). The van der Waals surface area contributed by atoms with Crippen LogP contribution in [-0.2, 0) is 14.7 Å². The van der Waals surface area contributed by atoms with Crippen LogP contribution < -0.4 is 10.6 Å². The van der Waals surface area contributed by atoms with E-state index in [4.69, 9.17) is 5.26 Å². The summed E-state index contributed by atoms with van der Waals surface area (Å²) in [6.07, 6.45) is 0. The van der Waals surface area contributed by atoms with Crippen molar-refractivity contribution in [3.63, 3.8) is 0 Å². The zero-order valence-electron chi connectivity index (χ0n) is 13.2. The monoisotopic (exact) mass is 316 g/mol. The molecule has 2 N–H and O–H groups in total. The first-order chi connectivity index (χ1) is 11.2. The van der Waals surface area contributed by atoms with E-state index in [0.29, 0.717) is 11.6 Å². The van der Waals surface area contributed by atoms with Gasteiger partial charge in [0, 0.05) is 38.2 Å². The van der Waals surface area contributed by atoms with E-state index in [2.05, 4.69) is 32.6 Å². The summed E-state index contributed by atoms with van der Waals surface area (Å²) in [6, 6.07) is 11.3. The Morgan fingerprint density at radius 1 is 1.35 bits per heavy atom. The van der Waals surface area contributed by atoms with Gasteiger partial charge in [-0.3, -0.25) is 4.89 Å². The van der Waals surface area contributed by atoms with Crippen molar-refractivity contribution in [2.75, 3.05) is 19.6 Å². The SMILES string of the molecule is CC(=C=O)OO/N=C(/C#N)c1ccccc1.CC1CNCCN1. The van der Waals surface area contributed by atoms with Crippen molar-refractivity contribution in [2.45, 2.75) is 19.9 Å². The lowest BCUT2D eigenvalue weighted by atomic mass is 10.1. The van der Waals surface area contributed by atoms with Gasteiger partial charge >= 0.3 is 0 Å². The van der Waals surface area contributed by atoms with Crippen LogP contribution >= 0.6 is 0 Å². The standard InChI is InChI=1S/C11H8N2O3.C5H12N2/c1-9(8-14)15-16-13-11(7-12)10-5-3-2-4-6-10;1-5-4-6-2-3-7-5/h2-6H,1H3;5-7H,2-4H2,1H3/b13-11-;. The number of allylic oxidation sites excluding steroid dienone is 1. The fraction of sp³-hybridized carbons (Fsp3) is 0.375. The Hall–Kier alpha value is -2.65. The molecule has 1 fully saturated rings. The predicted molar refractivity (Wildman–Crippen MR) is 86.0 cm³/mol. The Bertz CT molecular complexity index is 583. The molecular formula is C16H20N4O3. The second-order valence-electron chi connectivity index (χ2n) is 4.79. The number of benzene rings is 1. The molecule has 0 aliphatic carbocycles. The number of oxime groups is 1. The molecule has 1 atom stereocenters. The van der Waals surface area contributed by atoms with Gasteiger partial charge < -0.3 is 10.6 Å². The maximum absolute atomic E-state index is 10.0. The van der Waals surface area contributed by atoms with Crippen molar-refractivity contribution in [2.24, 2.45) is 5.16 Å². The minimum Gasteiger partial charge on any atom is -0.314 e. The normalized spacial score (nSPS) is 16.9. The zero-order valence-corrected chi connectivity index (χ0v) is 13.2. The van der Waals surface area contributed by atoms with Crippen molar-refractivity contribution in [3.05, 3.63) is 41.7 Å². The van der Waals surface area contributed by atoms with Crippen molar-refractivity contribution >= 4 is 11.7 Å². The average molecular weight is 316 g/mol. The number of hydrogen-bond donors (Lipinski definition) is 2. The summed E-state index contributed by atoms with van der Waals surface area (Å²) >= 11 is 0. The van der Waals surface area contributed by atoms with E-state index in [1.54, 1.807) is 24.3 Å². The summed E-state index contributed by atoms with van der Waals surface area (Å²) in [6.45, 7) is 6.93. The first-order valence-corrected chi connectivity index (χ1v) is 7.20. The molecule has 0 radical (unpaired) electrons. The number of rotatable bonds is 4. The van der Waals surface area contributed by atoms with Crippen LogP contribution in [-0.4, -0.2) is 37.3 Å². The molecule has 1 aromatic rings. The highest BCUT2D eigenvalue weighted by Crippen LogP contribution is 2.02. The fourth-order valence-corrected chi connectivity index (χ4v) is 1.66. The van der Waals surface area contributed by atoms with Crippen molar-refractivity contribution in [1.29, 1.82) is 5.26 Å². The summed E-state index contributed by atoms with van der Waals surface area (Å²) in [5, 5.41) is 18.8. The van der Waals surface area contributed by atoms with Crippen LogP contribution in [0.1, 0.15) is 19.4 Å². The van der Waals surface area contributed by atoms with Crippen molar-refractivity contribution in [3.8, 4) is 6.07 Å². The summed E-state index contributed by atoms with van der Waals surface area (Å²) < 4.78 is 0. The number of nitriles is 1. The smallest absolute Gasteiger partial charge is 0.237 e. The molecule has 1 aliphatic rings. The number of nitrogens with zero attached hydrogens (tertiary/aromatic N) is 2. The Balaban J connectivity index is 0.000000313. The molecule has 23 heavy (non-hydrogen) atoms. The van der Waals surface area contributed by atoms with E-state index in [9.17, 15) is 4.79 Å². The third-order valence-electron chi connectivity index (χ3n) is 2.83. The van der Waals surface area contributed by atoms with Crippen LogP contribution in [0.2, 0.25) is 0 Å². The Morgan fingerprint density at radius 2 is 2.09 bits per heavy atom. The van der Waals surface area contributed by atoms with E-state index in [-0.39, 0.29) is 11.5 Å². The largest absolute Gasteiger partial charge is 0.314 e. The third-order valence-corrected chi connectivity index (χ3v) is 2.83. The predicted octanol–water partition coefficient (Wildman–Crippen LogP) is 1.17. The fourth-order valence-electron chi connectivity index (χ4n) is 1.66. The van der Waals surface area contributed by atoms with Gasteiger partial charge in [0.15, 0.2) is 11.7 Å². The highest BCUT2D eigenvalue weighted by molar-refractivity contribution is 6.11. The third kappa shape index (κ3) is 7.79. The number of hydrogen-bond acceptors (Lipinski definition) is 7. The molecule has 7 nitrogen and oxygen atoms in total. The molecule has 1 saturated heterocycles. The molecule has 0 bridgehead atoms. The first kappa shape index (κ1) is 18.4. The van der Waals surface area contributed by atoms with Crippen LogP contribution in [0.4, 0.5) is 0 Å². The van der Waals surface area contributed by atoms with E-state index in [1.165, 1.54) is 12.9 Å². The molecule has 1 aliphatic heterocycles. The van der Waals surface area contributed by atoms with Crippen LogP contribution in [0.3, 0.4) is 0 Å². The van der Waals surface area contributed by atoms with Gasteiger partial charge in [-0.1, -0.05) is 30.3 Å². The maximum Gasteiger partial charge on any atom is 0.237 e. The summed E-state index contributed by atoms with van der Waals surface area (Å²) in [7, 11) is 0. The molecule has 0 aromatic heterocycles. The first-order valence-electron chi connectivity index (χ1n) is 7.20. The Labute approximate surface area is 135 Å². The van der Waals surface area contributed by atoms with Gasteiger partial charge in [-0.2, -0.15) is 10.3 Å². The Morgan fingerprint density at radius 3 is 2.57 bits per heavy atom. The number of piperazine rings is 1. The second kappa shape index (κ2) is 11.0. The number of carbonyl (C=O) groups excluding carboxylic acids is 1. The van der Waals surface area contributed by atoms with Gasteiger partial charge in [0.05, 0.1) is 0 Å². The van der Waals surface area contributed by atoms with E-state index < -0.39 is 0 Å². The summed E-state index contributed by atoms with van der Waals surface area (Å²) in [5.74, 6) is 1.36. The molecular weight excluding hydrogens is 296 g/mol. The second-order valence-corrected chi connectivity index (χ2v) is 4.79. The quantitative estimate of drug-likeness (QED) is 0.285. The highest BCUT2D eigenvalue weighted by atomic mass is 17.3. The van der Waals surface area contributed by atoms with Gasteiger partial charge in [-0.05, 0) is 12.1 Å². The molecule has 7 heteroatoms. The van der Waals surface area contributed by atoms with Crippen LogP contribution in [0.15, 0.2) is 41.2 Å². The van der Waals surface area contributed by atoms with E-state index in [1.807, 2.05) is 12.1 Å².